The van der Waals surface area contributed by atoms with Crippen LogP contribution >= 0.6 is 0 Å². The van der Waals surface area contributed by atoms with E-state index >= 15 is 0 Å². The van der Waals surface area contributed by atoms with Crippen molar-refractivity contribution in [2.75, 3.05) is 26.2 Å². The molecule has 3 heteroatoms. The van der Waals surface area contributed by atoms with Crippen molar-refractivity contribution < 1.29 is 0 Å². The highest BCUT2D eigenvalue weighted by Gasteiger charge is 2.51. The van der Waals surface area contributed by atoms with Crippen molar-refractivity contribution in [1.29, 1.82) is 0 Å². The van der Waals surface area contributed by atoms with Gasteiger partial charge in [0, 0.05) is 23.7 Å². The van der Waals surface area contributed by atoms with Gasteiger partial charge < -0.3 is 10.2 Å². The lowest BCUT2D eigenvalue weighted by atomic mass is 9.61. The normalized spacial score (nSPS) is 39.2. The third kappa shape index (κ3) is 3.68. The van der Waals surface area contributed by atoms with Gasteiger partial charge in [-0.25, -0.2) is 0 Å². The van der Waals surface area contributed by atoms with Crippen molar-refractivity contribution >= 4 is 0 Å². The largest absolute Gasteiger partial charge is 0.307 e. The molecule has 1 N–H and O–H groups in total. The Balaban J connectivity index is 2.32. The average molecular weight is 338 g/mol. The zero-order valence-corrected chi connectivity index (χ0v) is 17.6. The van der Waals surface area contributed by atoms with E-state index in [1.165, 1.54) is 39.0 Å². The summed E-state index contributed by atoms with van der Waals surface area (Å²) in [6, 6.07) is 2.08. The molecule has 0 aromatic heterocycles. The Hall–Kier alpha value is -0.120. The highest BCUT2D eigenvalue weighted by molar-refractivity contribution is 5.08. The molecular formula is C21H43N3. The summed E-state index contributed by atoms with van der Waals surface area (Å²) in [7, 11) is 0. The lowest BCUT2D eigenvalue weighted by Gasteiger charge is -2.58. The van der Waals surface area contributed by atoms with Gasteiger partial charge in [0.15, 0.2) is 0 Å². The van der Waals surface area contributed by atoms with Gasteiger partial charge in [-0.1, -0.05) is 41.5 Å². The molecule has 0 amide bonds. The minimum absolute atomic E-state index is 0.244. The number of nitrogens with one attached hydrogen (secondary N) is 1. The van der Waals surface area contributed by atoms with Crippen molar-refractivity contribution in [2.45, 2.75) is 91.9 Å². The van der Waals surface area contributed by atoms with Crippen LogP contribution in [0.5, 0.6) is 0 Å². The first-order chi connectivity index (χ1) is 11.3. The molecule has 6 atom stereocenters. The minimum atomic E-state index is 0.244. The van der Waals surface area contributed by atoms with E-state index in [4.69, 9.17) is 0 Å². The van der Waals surface area contributed by atoms with Gasteiger partial charge in [-0.15, -0.1) is 0 Å². The number of hydrogen-bond donors (Lipinski definition) is 1. The topological polar surface area (TPSA) is 18.5 Å². The summed E-state index contributed by atoms with van der Waals surface area (Å²) in [5.74, 6) is 2.33. The van der Waals surface area contributed by atoms with Gasteiger partial charge in [0.05, 0.1) is 0 Å². The van der Waals surface area contributed by atoms with Crippen LogP contribution in [0.2, 0.25) is 0 Å². The first-order valence-electron chi connectivity index (χ1n) is 10.6. The van der Waals surface area contributed by atoms with E-state index < -0.39 is 0 Å². The molecule has 142 valence electrons. The van der Waals surface area contributed by atoms with E-state index in [1.807, 2.05) is 0 Å². The number of piperidine rings is 1. The maximum Gasteiger partial charge on any atom is 0.0266 e. The fourth-order valence-electron chi connectivity index (χ4n) is 5.71. The second kappa shape index (κ2) is 8.05. The highest BCUT2D eigenvalue weighted by atomic mass is 15.2. The van der Waals surface area contributed by atoms with Crippen LogP contribution in [0.4, 0.5) is 0 Å². The summed E-state index contributed by atoms with van der Waals surface area (Å²) in [6.07, 6.45) is 2.70. The molecule has 1 aliphatic carbocycles. The first kappa shape index (κ1) is 20.2. The van der Waals surface area contributed by atoms with Crippen LogP contribution in [0.25, 0.3) is 0 Å². The Labute approximate surface area is 151 Å². The summed E-state index contributed by atoms with van der Waals surface area (Å²) < 4.78 is 0. The average Bonchev–Trinajstić information content (AvgIpc) is 2.56. The van der Waals surface area contributed by atoms with Crippen molar-refractivity contribution in [3.05, 3.63) is 0 Å². The lowest BCUT2D eigenvalue weighted by Crippen LogP contribution is -2.70. The molecule has 0 aromatic rings. The molecule has 6 unspecified atom stereocenters. The zero-order valence-electron chi connectivity index (χ0n) is 17.6. The standard InChI is InChI=1S/C21H43N3/c1-9-23(10-2)17-13-18-15(5)16(6)21(7,8)22-20(18)19(14-17)24(11-3)12-4/h15-20,22H,9-14H2,1-8H3. The Morgan fingerprint density at radius 1 is 0.875 bits per heavy atom. The number of rotatable bonds is 6. The molecule has 2 aliphatic rings. The van der Waals surface area contributed by atoms with Gasteiger partial charge in [0.1, 0.15) is 0 Å². The third-order valence-electron chi connectivity index (χ3n) is 7.68. The van der Waals surface area contributed by atoms with E-state index in [0.717, 1.165) is 23.8 Å². The van der Waals surface area contributed by atoms with Crippen LogP contribution in [0.3, 0.4) is 0 Å². The predicted molar refractivity (Wildman–Crippen MR) is 105 cm³/mol. The molecule has 0 spiro atoms. The molecule has 3 nitrogen and oxygen atoms in total. The van der Waals surface area contributed by atoms with Crippen molar-refractivity contribution in [2.24, 2.45) is 17.8 Å². The predicted octanol–water partition coefficient (Wildman–Crippen LogP) is 3.84. The SMILES string of the molecule is CCN(CC)C1CC2C(C)C(C)C(C)(C)NC2C(N(CC)CC)C1. The van der Waals surface area contributed by atoms with E-state index in [1.54, 1.807) is 0 Å². The summed E-state index contributed by atoms with van der Waals surface area (Å²) in [6.45, 7) is 23.9. The van der Waals surface area contributed by atoms with Crippen LogP contribution in [0, 0.1) is 17.8 Å². The molecule has 1 saturated heterocycles. The summed E-state index contributed by atoms with van der Waals surface area (Å²) in [4.78, 5) is 5.43. The molecule has 2 fully saturated rings. The van der Waals surface area contributed by atoms with Gasteiger partial charge >= 0.3 is 0 Å². The number of hydrogen-bond acceptors (Lipinski definition) is 3. The van der Waals surface area contributed by atoms with Gasteiger partial charge in [-0.2, -0.15) is 0 Å². The maximum atomic E-state index is 4.11. The molecule has 1 saturated carbocycles. The lowest BCUT2D eigenvalue weighted by molar-refractivity contribution is -0.0435. The number of nitrogens with zero attached hydrogens (tertiary/aromatic N) is 2. The molecule has 1 heterocycles. The minimum Gasteiger partial charge on any atom is -0.307 e. The van der Waals surface area contributed by atoms with Crippen LogP contribution in [-0.2, 0) is 0 Å². The van der Waals surface area contributed by atoms with Crippen LogP contribution in [-0.4, -0.2) is 59.6 Å². The Bertz CT molecular complexity index is 387. The number of fused-ring (bicyclic) bond motifs is 1. The van der Waals surface area contributed by atoms with Crippen LogP contribution < -0.4 is 5.32 Å². The summed E-state index contributed by atoms with van der Waals surface area (Å²) in [5.41, 5.74) is 0.244. The fourth-order valence-corrected chi connectivity index (χ4v) is 5.71. The molecule has 0 aromatic carbocycles. The molecule has 0 bridgehead atoms. The summed E-state index contributed by atoms with van der Waals surface area (Å²) >= 11 is 0. The second-order valence-electron chi connectivity index (χ2n) is 8.84. The Morgan fingerprint density at radius 2 is 1.42 bits per heavy atom. The fraction of sp³-hybridized carbons (Fsp3) is 1.00. The van der Waals surface area contributed by atoms with Crippen LogP contribution in [0.1, 0.15) is 68.2 Å². The smallest absolute Gasteiger partial charge is 0.0266 e. The monoisotopic (exact) mass is 337 g/mol. The molecular weight excluding hydrogens is 294 g/mol. The first-order valence-corrected chi connectivity index (χ1v) is 10.6. The molecule has 24 heavy (non-hydrogen) atoms. The molecule has 0 radical (unpaired) electrons. The highest BCUT2D eigenvalue weighted by Crippen LogP contribution is 2.45. The van der Waals surface area contributed by atoms with E-state index in [2.05, 4.69) is 70.5 Å². The maximum absolute atomic E-state index is 4.11. The van der Waals surface area contributed by atoms with Gasteiger partial charge in [-0.05, 0) is 70.6 Å². The number of likely N-dealkylation sites (N-methyl/N-ethyl adjacent to an activating group) is 1. The van der Waals surface area contributed by atoms with Crippen LogP contribution in [0.15, 0.2) is 0 Å². The summed E-state index contributed by atoms with van der Waals surface area (Å²) in [5, 5.41) is 4.11. The van der Waals surface area contributed by atoms with Gasteiger partial charge in [-0.3, -0.25) is 4.90 Å². The Kier molecular flexibility index (Phi) is 6.78. The quantitative estimate of drug-likeness (QED) is 0.794. The third-order valence-corrected chi connectivity index (χ3v) is 7.68. The molecule has 1 aliphatic heterocycles. The van der Waals surface area contributed by atoms with Crippen molar-refractivity contribution in [1.82, 2.24) is 15.1 Å². The van der Waals surface area contributed by atoms with Crippen molar-refractivity contribution in [3.63, 3.8) is 0 Å². The molecule has 2 rings (SSSR count). The van der Waals surface area contributed by atoms with Crippen molar-refractivity contribution in [3.8, 4) is 0 Å². The van der Waals surface area contributed by atoms with Gasteiger partial charge in [0.25, 0.3) is 0 Å². The zero-order chi connectivity index (χ0) is 18.1. The van der Waals surface area contributed by atoms with E-state index in [0.29, 0.717) is 12.1 Å². The Morgan fingerprint density at radius 3 is 1.92 bits per heavy atom. The van der Waals surface area contributed by atoms with Gasteiger partial charge in [0.2, 0.25) is 0 Å². The van der Waals surface area contributed by atoms with E-state index in [9.17, 15) is 0 Å². The second-order valence-corrected chi connectivity index (χ2v) is 8.84. The van der Waals surface area contributed by atoms with E-state index in [-0.39, 0.29) is 5.54 Å².